The largest absolute Gasteiger partial charge is 0.507 e. The molecule has 3 aromatic rings. The summed E-state index contributed by atoms with van der Waals surface area (Å²) in [6, 6.07) is 12.2. The summed E-state index contributed by atoms with van der Waals surface area (Å²) >= 11 is 0. The molecule has 1 aromatic heterocycles. The van der Waals surface area contributed by atoms with Crippen LogP contribution in [0, 0.1) is 20.8 Å². The van der Waals surface area contributed by atoms with Crippen LogP contribution in [0.2, 0.25) is 0 Å². The number of carbonyl (C=O) groups excluding carboxylic acids is 2. The molecule has 35 heavy (non-hydrogen) atoms. The lowest BCUT2D eigenvalue weighted by atomic mass is 9.91. The van der Waals surface area contributed by atoms with Gasteiger partial charge in [-0.05, 0) is 79.3 Å². The number of aromatic nitrogens is 1. The normalized spacial score (nSPS) is 17.3. The molecule has 1 aliphatic heterocycles. The van der Waals surface area contributed by atoms with E-state index >= 15 is 0 Å². The molecule has 0 bridgehead atoms. The van der Waals surface area contributed by atoms with E-state index in [0.29, 0.717) is 16.8 Å². The van der Waals surface area contributed by atoms with Crippen molar-refractivity contribution in [1.82, 2.24) is 4.98 Å². The van der Waals surface area contributed by atoms with Crippen LogP contribution in [-0.2, 0) is 9.59 Å². The maximum absolute atomic E-state index is 13.5. The smallest absolute Gasteiger partial charge is 0.300 e. The number of ketones is 1. The second-order valence-electron chi connectivity index (χ2n) is 9.30. The topological polar surface area (TPSA) is 79.7 Å². The zero-order valence-electron chi connectivity index (χ0n) is 20.9. The quantitative estimate of drug-likeness (QED) is 0.291. The van der Waals surface area contributed by atoms with Crippen LogP contribution in [0.3, 0.4) is 0 Å². The Balaban J connectivity index is 1.99. The second-order valence-corrected chi connectivity index (χ2v) is 9.30. The minimum absolute atomic E-state index is 0.0594. The first-order chi connectivity index (χ1) is 16.6. The molecule has 1 saturated heterocycles. The molecule has 0 spiro atoms. The molecule has 1 aliphatic rings. The molecule has 0 aliphatic carbocycles. The Labute approximate surface area is 205 Å². The van der Waals surface area contributed by atoms with Crippen molar-refractivity contribution in [3.8, 4) is 5.75 Å². The summed E-state index contributed by atoms with van der Waals surface area (Å²) in [4.78, 5) is 32.5. The number of pyridine rings is 1. The number of anilines is 1. The van der Waals surface area contributed by atoms with Crippen molar-refractivity contribution in [1.29, 1.82) is 0 Å². The van der Waals surface area contributed by atoms with Gasteiger partial charge in [0.05, 0.1) is 18.7 Å². The summed E-state index contributed by atoms with van der Waals surface area (Å²) in [6.45, 7) is 9.81. The van der Waals surface area contributed by atoms with E-state index in [2.05, 4.69) is 4.98 Å². The highest BCUT2D eigenvalue weighted by atomic mass is 16.5. The SMILES string of the molecule is COc1cc(C)c(/C(O)=C2\C(=O)C(=O)N(c3ccc(C)cc3C)C2c2ccncc2)cc1C(C)C. The summed E-state index contributed by atoms with van der Waals surface area (Å²) in [5.41, 5.74) is 5.46. The van der Waals surface area contributed by atoms with Gasteiger partial charge in [-0.25, -0.2) is 0 Å². The van der Waals surface area contributed by atoms with Crippen molar-refractivity contribution in [3.63, 3.8) is 0 Å². The van der Waals surface area contributed by atoms with Crippen molar-refractivity contribution in [2.75, 3.05) is 12.0 Å². The lowest BCUT2D eigenvalue weighted by Gasteiger charge is -2.27. The maximum atomic E-state index is 13.5. The molecule has 2 heterocycles. The highest BCUT2D eigenvalue weighted by Crippen LogP contribution is 2.44. The first-order valence-electron chi connectivity index (χ1n) is 11.6. The number of methoxy groups -OCH3 is 1. The Hall–Kier alpha value is -3.93. The predicted molar refractivity (Wildman–Crippen MR) is 137 cm³/mol. The van der Waals surface area contributed by atoms with Crippen LogP contribution in [0.25, 0.3) is 5.76 Å². The lowest BCUT2D eigenvalue weighted by Crippen LogP contribution is -2.30. The molecule has 1 atom stereocenters. The van der Waals surface area contributed by atoms with Gasteiger partial charge in [0.25, 0.3) is 11.7 Å². The first kappa shape index (κ1) is 24.2. The van der Waals surface area contributed by atoms with E-state index in [0.717, 1.165) is 28.0 Å². The molecule has 1 amide bonds. The van der Waals surface area contributed by atoms with Crippen molar-refractivity contribution in [2.45, 2.75) is 46.6 Å². The number of Topliss-reactive ketones (excluding diaryl/α,β-unsaturated/α-hetero) is 1. The Kier molecular flexibility index (Phi) is 6.48. The third-order valence-electron chi connectivity index (χ3n) is 6.53. The number of hydrogen-bond acceptors (Lipinski definition) is 5. The van der Waals surface area contributed by atoms with Crippen LogP contribution in [0.4, 0.5) is 5.69 Å². The van der Waals surface area contributed by atoms with Gasteiger partial charge < -0.3 is 9.84 Å². The van der Waals surface area contributed by atoms with Crippen molar-refractivity contribution < 1.29 is 19.4 Å². The Morgan fingerprint density at radius 2 is 1.69 bits per heavy atom. The van der Waals surface area contributed by atoms with Gasteiger partial charge in [-0.2, -0.15) is 0 Å². The zero-order chi connectivity index (χ0) is 25.4. The van der Waals surface area contributed by atoms with Crippen LogP contribution >= 0.6 is 0 Å². The molecule has 6 nitrogen and oxygen atoms in total. The minimum Gasteiger partial charge on any atom is -0.507 e. The van der Waals surface area contributed by atoms with Crippen LogP contribution in [-0.4, -0.2) is 28.9 Å². The molecule has 0 saturated carbocycles. The number of rotatable bonds is 5. The molecular weight excluding hydrogens is 440 g/mol. The summed E-state index contributed by atoms with van der Waals surface area (Å²) in [5.74, 6) is -0.734. The Morgan fingerprint density at radius 3 is 2.29 bits per heavy atom. The number of hydrogen-bond donors (Lipinski definition) is 1. The number of ether oxygens (including phenoxy) is 1. The second kappa shape index (κ2) is 9.37. The van der Waals surface area contributed by atoms with Gasteiger partial charge in [-0.15, -0.1) is 0 Å². The third kappa shape index (κ3) is 4.20. The van der Waals surface area contributed by atoms with E-state index < -0.39 is 17.7 Å². The van der Waals surface area contributed by atoms with E-state index in [1.165, 1.54) is 4.90 Å². The van der Waals surface area contributed by atoms with E-state index in [1.807, 2.05) is 65.0 Å². The highest BCUT2D eigenvalue weighted by Gasteiger charge is 2.47. The average molecular weight is 471 g/mol. The number of aliphatic hydroxyl groups is 1. The summed E-state index contributed by atoms with van der Waals surface area (Å²) in [7, 11) is 1.61. The van der Waals surface area contributed by atoms with Crippen molar-refractivity contribution >= 4 is 23.1 Å². The number of aliphatic hydroxyl groups excluding tert-OH is 1. The van der Waals surface area contributed by atoms with E-state index in [9.17, 15) is 14.7 Å². The molecule has 6 heteroatoms. The summed E-state index contributed by atoms with van der Waals surface area (Å²) < 4.78 is 5.54. The summed E-state index contributed by atoms with van der Waals surface area (Å²) in [5, 5.41) is 11.6. The van der Waals surface area contributed by atoms with Crippen molar-refractivity contribution in [3.05, 3.63) is 93.8 Å². The highest BCUT2D eigenvalue weighted by molar-refractivity contribution is 6.51. The minimum atomic E-state index is -0.789. The standard InChI is InChI=1S/C29H30N2O4/c1-16(2)21-15-22(18(4)14-24(21)35-6)27(32)25-26(20-9-11-30-12-10-20)31(29(34)28(25)33)23-8-7-17(3)13-19(23)5/h7-16,26,32H,1-6H3/b27-25+. The zero-order valence-corrected chi connectivity index (χ0v) is 20.9. The number of benzene rings is 2. The van der Waals surface area contributed by atoms with Crippen molar-refractivity contribution in [2.24, 2.45) is 0 Å². The van der Waals surface area contributed by atoms with Crippen LogP contribution in [0.5, 0.6) is 5.75 Å². The fourth-order valence-electron chi connectivity index (χ4n) is 4.74. The summed E-state index contributed by atoms with van der Waals surface area (Å²) in [6.07, 6.45) is 3.24. The van der Waals surface area contributed by atoms with Gasteiger partial charge in [-0.1, -0.05) is 31.5 Å². The molecule has 1 unspecified atom stereocenters. The molecular formula is C29H30N2O4. The number of carbonyl (C=O) groups is 2. The Bertz CT molecular complexity index is 1340. The number of aryl methyl sites for hydroxylation is 3. The molecule has 2 aromatic carbocycles. The maximum Gasteiger partial charge on any atom is 0.300 e. The van der Waals surface area contributed by atoms with Gasteiger partial charge in [-0.3, -0.25) is 19.5 Å². The van der Waals surface area contributed by atoms with Gasteiger partial charge >= 0.3 is 0 Å². The van der Waals surface area contributed by atoms with E-state index in [-0.39, 0.29) is 17.3 Å². The lowest BCUT2D eigenvalue weighted by molar-refractivity contribution is -0.132. The molecule has 1 fully saturated rings. The Morgan fingerprint density at radius 1 is 1.00 bits per heavy atom. The number of amides is 1. The van der Waals surface area contributed by atoms with Crippen LogP contribution < -0.4 is 9.64 Å². The molecule has 180 valence electrons. The third-order valence-corrected chi connectivity index (χ3v) is 6.53. The predicted octanol–water partition coefficient (Wildman–Crippen LogP) is 5.77. The van der Waals surface area contributed by atoms with Gasteiger partial charge in [0.15, 0.2) is 0 Å². The fourth-order valence-corrected chi connectivity index (χ4v) is 4.74. The van der Waals surface area contributed by atoms with Crippen LogP contribution in [0.1, 0.15) is 59.2 Å². The van der Waals surface area contributed by atoms with Gasteiger partial charge in [0.2, 0.25) is 0 Å². The molecule has 0 radical (unpaired) electrons. The van der Waals surface area contributed by atoms with Gasteiger partial charge in [0, 0.05) is 23.6 Å². The fraction of sp³-hybridized carbons (Fsp3) is 0.276. The number of nitrogens with zero attached hydrogens (tertiary/aromatic N) is 2. The molecule has 1 N–H and O–H groups in total. The van der Waals surface area contributed by atoms with E-state index in [1.54, 1.807) is 31.6 Å². The van der Waals surface area contributed by atoms with E-state index in [4.69, 9.17) is 4.74 Å². The first-order valence-corrected chi connectivity index (χ1v) is 11.6. The average Bonchev–Trinajstić information content (AvgIpc) is 3.09. The van der Waals surface area contributed by atoms with Crippen LogP contribution in [0.15, 0.2) is 60.4 Å². The molecule has 4 rings (SSSR count). The van der Waals surface area contributed by atoms with Gasteiger partial charge in [0.1, 0.15) is 11.5 Å². The monoisotopic (exact) mass is 470 g/mol.